The van der Waals surface area contributed by atoms with Crippen molar-refractivity contribution in [3.8, 4) is 11.5 Å². The van der Waals surface area contributed by atoms with Crippen molar-refractivity contribution >= 4 is 69.3 Å². The maximum atomic E-state index is 14.0. The topological polar surface area (TPSA) is 75.7 Å². The molecule has 0 saturated carbocycles. The molecule has 0 N–H and O–H groups in total. The predicted octanol–water partition coefficient (Wildman–Crippen LogP) is 9.51. The Kier molecular flexibility index (Phi) is 14.6. The van der Waals surface area contributed by atoms with Crippen LogP contribution in [0.4, 0.5) is 61.5 Å². The average molecular weight is 914 g/mol. The number of ether oxygens (including phenoxy) is 2. The third-order valence-corrected chi connectivity index (χ3v) is 9.09. The summed E-state index contributed by atoms with van der Waals surface area (Å²) in [6, 6.07) is 3.45. The van der Waals surface area contributed by atoms with Crippen molar-refractivity contribution in [1.82, 2.24) is 0 Å². The highest BCUT2D eigenvalue weighted by atomic mass is 79.9. The van der Waals surface area contributed by atoms with Gasteiger partial charge in [-0.15, -0.1) is 13.2 Å². The molecule has 3 aromatic carbocycles. The van der Waals surface area contributed by atoms with Gasteiger partial charge in [0.25, 0.3) is 4.20 Å². The van der Waals surface area contributed by atoms with Crippen LogP contribution in [0.15, 0.2) is 45.3 Å². The van der Waals surface area contributed by atoms with Crippen LogP contribution in [0.1, 0.15) is 17.5 Å². The molecule has 0 aliphatic carbocycles. The zero-order chi connectivity index (χ0) is 37.7. The fourth-order valence-electron chi connectivity index (χ4n) is 3.14. The number of halogens is 16. The molecule has 1 heterocycles. The van der Waals surface area contributed by atoms with Crippen LogP contribution in [0, 0.1) is 34.9 Å². The molecular formula is C25H12Br2F14O5S3. The minimum absolute atomic E-state index is 0.0628. The van der Waals surface area contributed by atoms with Gasteiger partial charge in [-0.25, -0.2) is 34.8 Å². The molecule has 0 spiro atoms. The number of alkyl halides is 8. The molecular weight excluding hydrogens is 902 g/mol. The monoisotopic (exact) mass is 912 g/mol. The van der Waals surface area contributed by atoms with Gasteiger partial charge in [0.05, 0.1) is 0 Å². The molecule has 272 valence electrons. The number of thioether (sulfide) groups is 1. The molecule has 5 nitrogen and oxygen atoms in total. The van der Waals surface area contributed by atoms with Crippen molar-refractivity contribution in [3.05, 3.63) is 91.4 Å². The molecule has 49 heavy (non-hydrogen) atoms. The normalized spacial score (nSPS) is 13.8. The second-order valence-corrected chi connectivity index (χ2v) is 14.3. The first-order valence-corrected chi connectivity index (χ1v) is 17.0. The second-order valence-electron chi connectivity index (χ2n) is 8.61. The van der Waals surface area contributed by atoms with E-state index < -0.39 is 80.1 Å². The van der Waals surface area contributed by atoms with Gasteiger partial charge in [0, 0.05) is 33.3 Å². The molecule has 0 atom stereocenters. The van der Waals surface area contributed by atoms with Crippen LogP contribution in [0.5, 0.6) is 11.5 Å². The van der Waals surface area contributed by atoms with Gasteiger partial charge in [-0.3, -0.25) is 0 Å². The first kappa shape index (κ1) is 42.8. The van der Waals surface area contributed by atoms with E-state index in [1.165, 1.54) is 35.2 Å². The fourth-order valence-corrected chi connectivity index (χ4v) is 6.59. The number of rotatable bonds is 5. The molecule has 24 heteroatoms. The SMILES string of the molecule is Fc1cc(Br)cc(F)c1C1=[S+]CCCS1.Fc1cc(OC(F)(F)c2c(F)cc(Br)cc2F)cc(F)c1OC(F)(F)F.O=S(=O)([O-])C(F)(F)F. The van der Waals surface area contributed by atoms with E-state index in [4.69, 9.17) is 13.0 Å². The highest BCUT2D eigenvalue weighted by Gasteiger charge is 2.42. The molecule has 1 aliphatic heterocycles. The molecule has 4 rings (SSSR count). The van der Waals surface area contributed by atoms with E-state index in [-0.39, 0.29) is 22.2 Å². The molecule has 1 aliphatic rings. The predicted molar refractivity (Wildman–Crippen MR) is 155 cm³/mol. The van der Waals surface area contributed by atoms with Gasteiger partial charge in [-0.2, -0.15) is 22.0 Å². The lowest BCUT2D eigenvalue weighted by Gasteiger charge is -2.20. The Balaban J connectivity index is 0.000000303. The molecule has 0 radical (unpaired) electrons. The summed E-state index contributed by atoms with van der Waals surface area (Å²) >= 11 is 8.80. The number of hydrogen-bond donors (Lipinski definition) is 0. The zero-order valence-electron chi connectivity index (χ0n) is 22.9. The maximum absolute atomic E-state index is 14.0. The molecule has 3 aromatic rings. The quantitative estimate of drug-likeness (QED) is 0.0836. The van der Waals surface area contributed by atoms with Crippen LogP contribution in [-0.2, 0) is 27.6 Å². The van der Waals surface area contributed by atoms with Crippen LogP contribution < -0.4 is 9.47 Å². The summed E-state index contributed by atoms with van der Waals surface area (Å²) in [7, 11) is -6.09. The van der Waals surface area contributed by atoms with Crippen molar-refractivity contribution in [2.45, 2.75) is 24.4 Å². The summed E-state index contributed by atoms with van der Waals surface area (Å²) in [4.78, 5) is 0. The Morgan fingerprint density at radius 3 is 1.51 bits per heavy atom. The lowest BCUT2D eigenvalue weighted by molar-refractivity contribution is -0.276. The van der Waals surface area contributed by atoms with Gasteiger partial charge in [-0.05, 0) is 24.3 Å². The summed E-state index contributed by atoms with van der Waals surface area (Å²) in [5.41, 5.74) is -7.38. The van der Waals surface area contributed by atoms with Gasteiger partial charge in [0.15, 0.2) is 38.9 Å². The van der Waals surface area contributed by atoms with Gasteiger partial charge < -0.3 is 14.0 Å². The lowest BCUT2D eigenvalue weighted by atomic mass is 10.2. The van der Waals surface area contributed by atoms with E-state index in [1.807, 2.05) is 0 Å². The highest BCUT2D eigenvalue weighted by molar-refractivity contribution is 9.10. The summed E-state index contributed by atoms with van der Waals surface area (Å²) in [6.45, 7) is 0. The third kappa shape index (κ3) is 12.7. The van der Waals surface area contributed by atoms with Crippen LogP contribution in [-0.4, -0.2) is 40.5 Å². The fraction of sp³-hybridized carbons (Fsp3) is 0.240. The van der Waals surface area contributed by atoms with E-state index in [0.717, 1.165) is 22.1 Å². The maximum Gasteiger partial charge on any atom is 0.573 e. The van der Waals surface area contributed by atoms with Gasteiger partial charge >= 0.3 is 18.0 Å². The van der Waals surface area contributed by atoms with Crippen LogP contribution >= 0.6 is 43.6 Å². The van der Waals surface area contributed by atoms with Crippen molar-refractivity contribution in [3.63, 3.8) is 0 Å². The van der Waals surface area contributed by atoms with Crippen LogP contribution in [0.2, 0.25) is 0 Å². The van der Waals surface area contributed by atoms with E-state index in [2.05, 4.69) is 41.3 Å². The minimum Gasteiger partial charge on any atom is -0.741 e. The summed E-state index contributed by atoms with van der Waals surface area (Å²) in [5.74, 6) is -9.85. The smallest absolute Gasteiger partial charge is 0.573 e. The first-order valence-electron chi connectivity index (χ1n) is 12.0. The van der Waals surface area contributed by atoms with Crippen molar-refractivity contribution < 1.29 is 83.9 Å². The third-order valence-electron chi connectivity index (χ3n) is 4.98. The first-order chi connectivity index (χ1) is 22.2. The van der Waals surface area contributed by atoms with Gasteiger partial charge in [0.1, 0.15) is 40.1 Å². The molecule has 0 aromatic heterocycles. The molecule has 0 unspecified atom stereocenters. The summed E-state index contributed by atoms with van der Waals surface area (Å²) in [6.07, 6.45) is -9.09. The van der Waals surface area contributed by atoms with Crippen molar-refractivity contribution in [2.24, 2.45) is 0 Å². The molecule has 0 amide bonds. The summed E-state index contributed by atoms with van der Waals surface area (Å²) in [5, 5.41) is 0. The molecule has 0 fully saturated rings. The lowest BCUT2D eigenvalue weighted by Crippen LogP contribution is -2.25. The van der Waals surface area contributed by atoms with Crippen molar-refractivity contribution in [2.75, 3.05) is 11.5 Å². The average Bonchev–Trinajstić information content (AvgIpc) is 2.89. The standard InChI is InChI=1S/C14H4BrF9O2.C10H8BrF2S2.CHF3O3S/c15-5-1-7(16)11(8(17)2-5)13(20,21)25-6-3-9(18)12(10(19)4-6)26-14(22,23)24;11-6-4-7(12)9(8(13)5-6)10-14-2-1-3-15-10;2-1(3,4)8(5,6)7/h1-4H;4-5H,1-3H2;(H,5,6,7)/q;+1;/p-1. The van der Waals surface area contributed by atoms with Crippen LogP contribution in [0.25, 0.3) is 0 Å². The second kappa shape index (κ2) is 16.7. The van der Waals surface area contributed by atoms with Crippen molar-refractivity contribution in [1.29, 1.82) is 0 Å². The van der Waals surface area contributed by atoms with E-state index in [0.29, 0.717) is 16.6 Å². The summed E-state index contributed by atoms with van der Waals surface area (Å²) < 4.78 is 212. The molecule has 0 saturated heterocycles. The van der Waals surface area contributed by atoms with Gasteiger partial charge in [-0.1, -0.05) is 43.6 Å². The Morgan fingerprint density at radius 1 is 0.714 bits per heavy atom. The largest absolute Gasteiger partial charge is 0.741 e. The van der Waals surface area contributed by atoms with E-state index >= 15 is 0 Å². The Morgan fingerprint density at radius 2 is 1.14 bits per heavy atom. The minimum atomic E-state index is -6.09. The highest BCUT2D eigenvalue weighted by Crippen LogP contribution is 2.38. The number of hydrogen-bond acceptors (Lipinski definition) is 6. The van der Waals surface area contributed by atoms with Gasteiger partial charge in [0.2, 0.25) is 5.75 Å². The number of benzene rings is 3. The van der Waals surface area contributed by atoms with Crippen LogP contribution in [0.3, 0.4) is 0 Å². The van der Waals surface area contributed by atoms with E-state index in [1.54, 1.807) is 0 Å². The Bertz CT molecular complexity index is 1730. The van der Waals surface area contributed by atoms with E-state index in [9.17, 15) is 61.5 Å². The zero-order valence-corrected chi connectivity index (χ0v) is 28.5. The Hall–Kier alpha value is -2.41. The molecule has 0 bridgehead atoms. The Labute approximate surface area is 290 Å².